The minimum absolute atomic E-state index is 0.0919. The fraction of sp³-hybridized carbons (Fsp3) is 1.00. The second-order valence-electron chi connectivity index (χ2n) is 4.68. The van der Waals surface area contributed by atoms with Crippen LogP contribution in [0.5, 0.6) is 0 Å². The van der Waals surface area contributed by atoms with Gasteiger partial charge in [0.15, 0.2) is 6.29 Å². The number of fused-ring (bicyclic) bond motifs is 3. The average Bonchev–Trinajstić information content (AvgIpc) is 2.68. The molecule has 0 aromatic carbocycles. The zero-order valence-corrected chi connectivity index (χ0v) is 9.80. The van der Waals surface area contributed by atoms with Crippen LogP contribution in [0.3, 0.4) is 0 Å². The highest BCUT2D eigenvalue weighted by molar-refractivity contribution is 4.96. The molecule has 0 aliphatic carbocycles. The van der Waals surface area contributed by atoms with Crippen LogP contribution in [0.15, 0.2) is 0 Å². The second-order valence-corrected chi connectivity index (χ2v) is 4.68. The number of hydrogen-bond donors (Lipinski definition) is 0. The van der Waals surface area contributed by atoms with Crippen LogP contribution in [0.2, 0.25) is 0 Å². The van der Waals surface area contributed by atoms with Gasteiger partial charge in [-0.25, -0.2) is 0 Å². The molecule has 16 heavy (non-hydrogen) atoms. The fourth-order valence-electron chi connectivity index (χ4n) is 2.97. The molecule has 0 aromatic heterocycles. The Labute approximate surface area is 95.6 Å². The molecule has 5 atom stereocenters. The first-order chi connectivity index (χ1) is 7.79. The Bertz CT molecular complexity index is 260. The molecule has 3 heterocycles. The molecule has 0 unspecified atom stereocenters. The summed E-state index contributed by atoms with van der Waals surface area (Å²) in [6.45, 7) is 4.49. The zero-order valence-electron chi connectivity index (χ0n) is 9.80. The van der Waals surface area contributed by atoms with Crippen molar-refractivity contribution in [3.8, 4) is 0 Å². The van der Waals surface area contributed by atoms with Crippen LogP contribution in [-0.4, -0.2) is 62.5 Å². The maximum atomic E-state index is 5.99. The lowest BCUT2D eigenvalue weighted by Crippen LogP contribution is -2.52. The first-order valence-electron chi connectivity index (χ1n) is 5.97. The summed E-state index contributed by atoms with van der Waals surface area (Å²) < 4.78 is 22.5. The lowest BCUT2D eigenvalue weighted by Gasteiger charge is -2.38. The van der Waals surface area contributed by atoms with Gasteiger partial charge in [-0.05, 0) is 6.92 Å². The number of rotatable bonds is 1. The molecule has 3 aliphatic heterocycles. The first-order valence-corrected chi connectivity index (χ1v) is 5.97. The van der Waals surface area contributed by atoms with E-state index in [2.05, 4.69) is 11.8 Å². The van der Waals surface area contributed by atoms with Crippen molar-refractivity contribution in [1.82, 2.24) is 4.90 Å². The molecule has 0 aromatic rings. The van der Waals surface area contributed by atoms with Crippen LogP contribution in [0.25, 0.3) is 0 Å². The summed E-state index contributed by atoms with van der Waals surface area (Å²) in [5.41, 5.74) is 0. The largest absolute Gasteiger partial charge is 0.376 e. The molecular formula is C11H19NO4. The zero-order chi connectivity index (χ0) is 11.1. The Hall–Kier alpha value is -0.200. The normalized spacial score (nSPS) is 48.8. The van der Waals surface area contributed by atoms with Crippen molar-refractivity contribution in [3.63, 3.8) is 0 Å². The lowest BCUT2D eigenvalue weighted by atomic mass is 9.99. The molecule has 3 aliphatic rings. The van der Waals surface area contributed by atoms with E-state index in [1.807, 2.05) is 0 Å². The van der Waals surface area contributed by atoms with Gasteiger partial charge in [-0.2, -0.15) is 0 Å². The van der Waals surface area contributed by atoms with Gasteiger partial charge in [0.05, 0.1) is 19.3 Å². The van der Waals surface area contributed by atoms with Crippen LogP contribution in [0.4, 0.5) is 0 Å². The van der Waals surface area contributed by atoms with Crippen LogP contribution < -0.4 is 0 Å². The molecule has 0 spiro atoms. The Kier molecular flexibility index (Phi) is 2.89. The van der Waals surface area contributed by atoms with Gasteiger partial charge in [-0.15, -0.1) is 0 Å². The van der Waals surface area contributed by atoms with E-state index in [-0.39, 0.29) is 24.7 Å². The lowest BCUT2D eigenvalue weighted by molar-refractivity contribution is -0.212. The highest BCUT2D eigenvalue weighted by Crippen LogP contribution is 2.35. The van der Waals surface area contributed by atoms with Gasteiger partial charge in [0.25, 0.3) is 0 Å². The molecule has 0 amide bonds. The molecule has 3 fully saturated rings. The standard InChI is InChI=1S/C11H19NO4/c1-7-11-8(5-10(13-2)15-7)12-3-4-14-6-9(12)16-11/h7-11H,3-6H2,1-2H3/t7-,8-,9+,10+,11+/m0/s1. The third kappa shape index (κ3) is 1.67. The number of nitrogens with zero attached hydrogens (tertiary/aromatic N) is 1. The second kappa shape index (κ2) is 4.23. The highest BCUT2D eigenvalue weighted by Gasteiger charge is 2.50. The van der Waals surface area contributed by atoms with Crippen LogP contribution >= 0.6 is 0 Å². The van der Waals surface area contributed by atoms with E-state index in [4.69, 9.17) is 18.9 Å². The summed E-state index contributed by atoms with van der Waals surface area (Å²) in [7, 11) is 1.70. The minimum atomic E-state index is -0.0959. The van der Waals surface area contributed by atoms with Crippen LogP contribution in [0, 0.1) is 0 Å². The Balaban J connectivity index is 1.76. The predicted molar refractivity (Wildman–Crippen MR) is 55.9 cm³/mol. The van der Waals surface area contributed by atoms with Crippen molar-refractivity contribution < 1.29 is 18.9 Å². The van der Waals surface area contributed by atoms with E-state index >= 15 is 0 Å². The van der Waals surface area contributed by atoms with E-state index in [0.717, 1.165) is 19.6 Å². The van der Waals surface area contributed by atoms with Gasteiger partial charge in [0.2, 0.25) is 0 Å². The van der Waals surface area contributed by atoms with E-state index in [1.165, 1.54) is 0 Å². The maximum absolute atomic E-state index is 5.99. The van der Waals surface area contributed by atoms with Crippen molar-refractivity contribution in [2.45, 2.75) is 44.1 Å². The molecule has 3 rings (SSSR count). The Morgan fingerprint density at radius 2 is 2.19 bits per heavy atom. The molecule has 0 radical (unpaired) electrons. The SMILES string of the molecule is CO[C@H]1C[C@H]2[C@H](O[C@@H]3COCCN32)[C@H](C)O1. The number of methoxy groups -OCH3 is 1. The van der Waals surface area contributed by atoms with Gasteiger partial charge < -0.3 is 18.9 Å². The fourth-order valence-corrected chi connectivity index (χ4v) is 2.97. The summed E-state index contributed by atoms with van der Waals surface area (Å²) in [5, 5.41) is 0. The third-order valence-electron chi connectivity index (χ3n) is 3.77. The maximum Gasteiger partial charge on any atom is 0.159 e. The molecule has 3 saturated heterocycles. The van der Waals surface area contributed by atoms with E-state index in [9.17, 15) is 0 Å². The van der Waals surface area contributed by atoms with Gasteiger partial charge >= 0.3 is 0 Å². The number of ether oxygens (including phenoxy) is 4. The van der Waals surface area contributed by atoms with Crippen LogP contribution in [-0.2, 0) is 18.9 Å². The molecular weight excluding hydrogens is 210 g/mol. The smallest absolute Gasteiger partial charge is 0.159 e. The van der Waals surface area contributed by atoms with Crippen molar-refractivity contribution in [2.75, 3.05) is 26.9 Å². The predicted octanol–water partition coefficient (Wildman–Crippen LogP) is 0.193. The molecule has 0 N–H and O–H groups in total. The quantitative estimate of drug-likeness (QED) is 0.642. The topological polar surface area (TPSA) is 40.2 Å². The molecule has 92 valence electrons. The Morgan fingerprint density at radius 1 is 1.31 bits per heavy atom. The van der Waals surface area contributed by atoms with Crippen molar-refractivity contribution in [1.29, 1.82) is 0 Å². The summed E-state index contributed by atoms with van der Waals surface area (Å²) in [6.07, 6.45) is 1.17. The molecule has 5 heteroatoms. The highest BCUT2D eigenvalue weighted by atomic mass is 16.7. The van der Waals surface area contributed by atoms with Crippen molar-refractivity contribution in [2.24, 2.45) is 0 Å². The third-order valence-corrected chi connectivity index (χ3v) is 3.77. The van der Waals surface area contributed by atoms with E-state index < -0.39 is 0 Å². The van der Waals surface area contributed by atoms with Crippen molar-refractivity contribution in [3.05, 3.63) is 0 Å². The summed E-state index contributed by atoms with van der Waals surface area (Å²) in [5.74, 6) is 0. The van der Waals surface area contributed by atoms with E-state index in [0.29, 0.717) is 12.6 Å². The Morgan fingerprint density at radius 3 is 3.00 bits per heavy atom. The first kappa shape index (κ1) is 10.9. The van der Waals surface area contributed by atoms with Gasteiger partial charge in [0, 0.05) is 26.1 Å². The minimum Gasteiger partial charge on any atom is -0.376 e. The summed E-state index contributed by atoms with van der Waals surface area (Å²) >= 11 is 0. The summed E-state index contributed by atoms with van der Waals surface area (Å²) in [4.78, 5) is 2.40. The van der Waals surface area contributed by atoms with Gasteiger partial charge in [-0.1, -0.05) is 0 Å². The van der Waals surface area contributed by atoms with Crippen LogP contribution in [0.1, 0.15) is 13.3 Å². The van der Waals surface area contributed by atoms with E-state index in [1.54, 1.807) is 7.11 Å². The monoisotopic (exact) mass is 229 g/mol. The molecule has 0 saturated carbocycles. The average molecular weight is 229 g/mol. The molecule has 0 bridgehead atoms. The molecule has 5 nitrogen and oxygen atoms in total. The van der Waals surface area contributed by atoms with Gasteiger partial charge in [-0.3, -0.25) is 4.90 Å². The van der Waals surface area contributed by atoms with Gasteiger partial charge in [0.1, 0.15) is 12.3 Å². The number of hydrogen-bond acceptors (Lipinski definition) is 5. The van der Waals surface area contributed by atoms with Crippen molar-refractivity contribution >= 4 is 0 Å². The summed E-state index contributed by atoms with van der Waals surface area (Å²) in [6, 6.07) is 0.419. The number of morpholine rings is 1.